The summed E-state index contributed by atoms with van der Waals surface area (Å²) in [7, 11) is 1.78. The second-order valence-corrected chi connectivity index (χ2v) is 7.17. The molecular weight excluding hydrogens is 346 g/mol. The van der Waals surface area contributed by atoms with Crippen LogP contribution in [0.3, 0.4) is 0 Å². The zero-order chi connectivity index (χ0) is 19.6. The third-order valence-corrected chi connectivity index (χ3v) is 5.50. The standard InChI is InChI=1S/C20H25N3O4/c1-3-15-17(18(25)23(22(15)2)14-9-5-4-6-10-14)21-16(24)13-20(19(26)27)11-7-8-12-20/h4-6,9-10H,3,7-8,11-13H2,1-2H3,(H,21,24)(H,26,27). The third-order valence-electron chi connectivity index (χ3n) is 5.50. The molecule has 2 aromatic rings. The average molecular weight is 371 g/mol. The number of carbonyl (C=O) groups excluding carboxylic acids is 1. The summed E-state index contributed by atoms with van der Waals surface area (Å²) >= 11 is 0. The summed E-state index contributed by atoms with van der Waals surface area (Å²) < 4.78 is 3.24. The lowest BCUT2D eigenvalue weighted by Gasteiger charge is -2.22. The first-order valence-electron chi connectivity index (χ1n) is 9.29. The predicted octanol–water partition coefficient (Wildman–Crippen LogP) is 2.71. The first kappa shape index (κ1) is 18.9. The van der Waals surface area contributed by atoms with Crippen molar-refractivity contribution in [3.8, 4) is 5.69 Å². The van der Waals surface area contributed by atoms with Gasteiger partial charge in [-0.1, -0.05) is 38.0 Å². The van der Waals surface area contributed by atoms with Gasteiger partial charge in [0.2, 0.25) is 5.91 Å². The normalized spacial score (nSPS) is 15.6. The molecule has 0 bridgehead atoms. The number of nitrogens with zero attached hydrogens (tertiary/aromatic N) is 2. The SMILES string of the molecule is CCc1c(NC(=O)CC2(C(=O)O)CCCC2)c(=O)n(-c2ccccc2)n1C. The second kappa shape index (κ2) is 7.42. The van der Waals surface area contributed by atoms with E-state index in [2.05, 4.69) is 5.32 Å². The summed E-state index contributed by atoms with van der Waals surface area (Å²) in [4.78, 5) is 37.3. The highest BCUT2D eigenvalue weighted by molar-refractivity contribution is 5.94. The van der Waals surface area contributed by atoms with Crippen molar-refractivity contribution in [2.24, 2.45) is 12.5 Å². The Kier molecular flexibility index (Phi) is 5.21. The minimum atomic E-state index is -1.01. The van der Waals surface area contributed by atoms with Crippen LogP contribution in [0.15, 0.2) is 35.1 Å². The number of nitrogens with one attached hydrogen (secondary N) is 1. The molecule has 144 valence electrons. The quantitative estimate of drug-likeness (QED) is 0.816. The number of aliphatic carboxylic acids is 1. The number of hydrogen-bond acceptors (Lipinski definition) is 3. The topological polar surface area (TPSA) is 93.3 Å². The molecule has 3 rings (SSSR count). The zero-order valence-corrected chi connectivity index (χ0v) is 15.7. The smallest absolute Gasteiger partial charge is 0.310 e. The number of anilines is 1. The number of aromatic nitrogens is 2. The molecule has 7 nitrogen and oxygen atoms in total. The highest BCUT2D eigenvalue weighted by Crippen LogP contribution is 2.41. The number of carboxylic acids is 1. The fourth-order valence-corrected chi connectivity index (χ4v) is 4.05. The summed E-state index contributed by atoms with van der Waals surface area (Å²) in [6, 6.07) is 9.20. The summed E-state index contributed by atoms with van der Waals surface area (Å²) in [5, 5.41) is 12.3. The van der Waals surface area contributed by atoms with E-state index in [-0.39, 0.29) is 17.7 Å². The number of carboxylic acid groups (broad SMARTS) is 1. The number of rotatable bonds is 6. The van der Waals surface area contributed by atoms with Crippen molar-refractivity contribution in [3.05, 3.63) is 46.4 Å². The number of benzene rings is 1. The Balaban J connectivity index is 1.92. The van der Waals surface area contributed by atoms with E-state index in [9.17, 15) is 19.5 Å². The first-order chi connectivity index (χ1) is 12.9. The van der Waals surface area contributed by atoms with Gasteiger partial charge in [-0.25, -0.2) is 4.68 Å². The first-order valence-corrected chi connectivity index (χ1v) is 9.29. The molecule has 1 aliphatic rings. The number of para-hydroxylation sites is 1. The molecule has 27 heavy (non-hydrogen) atoms. The van der Waals surface area contributed by atoms with Crippen molar-refractivity contribution in [1.29, 1.82) is 0 Å². The van der Waals surface area contributed by atoms with Crippen molar-refractivity contribution in [3.63, 3.8) is 0 Å². The Labute approximate surface area is 157 Å². The second-order valence-electron chi connectivity index (χ2n) is 7.17. The van der Waals surface area contributed by atoms with Gasteiger partial charge in [0.25, 0.3) is 5.56 Å². The van der Waals surface area contributed by atoms with Gasteiger partial charge in [-0.2, -0.15) is 0 Å². The van der Waals surface area contributed by atoms with Crippen LogP contribution >= 0.6 is 0 Å². The van der Waals surface area contributed by atoms with Gasteiger partial charge < -0.3 is 10.4 Å². The molecule has 0 radical (unpaired) electrons. The number of amides is 1. The van der Waals surface area contributed by atoms with E-state index in [4.69, 9.17) is 0 Å². The molecule has 1 aromatic carbocycles. The minimum absolute atomic E-state index is 0.106. The van der Waals surface area contributed by atoms with Gasteiger partial charge in [-0.05, 0) is 31.4 Å². The monoisotopic (exact) mass is 371 g/mol. The van der Waals surface area contributed by atoms with Crippen LogP contribution in [0.2, 0.25) is 0 Å². The summed E-state index contributed by atoms with van der Waals surface area (Å²) in [6.07, 6.45) is 3.08. The molecule has 1 aromatic heterocycles. The zero-order valence-electron chi connectivity index (χ0n) is 15.7. The fraction of sp³-hybridized carbons (Fsp3) is 0.450. The van der Waals surface area contributed by atoms with E-state index in [0.29, 0.717) is 30.6 Å². The predicted molar refractivity (Wildman–Crippen MR) is 102 cm³/mol. The lowest BCUT2D eigenvalue weighted by Crippen LogP contribution is -2.33. The van der Waals surface area contributed by atoms with Gasteiger partial charge in [0, 0.05) is 13.5 Å². The summed E-state index contributed by atoms with van der Waals surface area (Å²) in [5.74, 6) is -1.35. The molecule has 7 heteroatoms. The molecule has 2 N–H and O–H groups in total. The van der Waals surface area contributed by atoms with E-state index in [0.717, 1.165) is 12.8 Å². The maximum Gasteiger partial charge on any atom is 0.310 e. The van der Waals surface area contributed by atoms with Crippen molar-refractivity contribution in [2.45, 2.75) is 45.4 Å². The minimum Gasteiger partial charge on any atom is -0.481 e. The molecule has 0 unspecified atom stereocenters. The van der Waals surface area contributed by atoms with E-state index in [1.807, 2.05) is 37.3 Å². The molecule has 0 atom stereocenters. The average Bonchev–Trinajstić information content (AvgIpc) is 3.20. The maximum atomic E-state index is 13.0. The van der Waals surface area contributed by atoms with Crippen LogP contribution in [0.5, 0.6) is 0 Å². The Morgan fingerprint density at radius 1 is 1.19 bits per heavy atom. The van der Waals surface area contributed by atoms with Gasteiger partial charge in [-0.3, -0.25) is 19.1 Å². The van der Waals surface area contributed by atoms with E-state index in [1.54, 1.807) is 11.7 Å². The maximum absolute atomic E-state index is 13.0. The van der Waals surface area contributed by atoms with Gasteiger partial charge in [0.15, 0.2) is 0 Å². The highest BCUT2D eigenvalue weighted by Gasteiger charge is 2.43. The third kappa shape index (κ3) is 3.41. The Morgan fingerprint density at radius 2 is 1.81 bits per heavy atom. The van der Waals surface area contributed by atoms with E-state index >= 15 is 0 Å². The van der Waals surface area contributed by atoms with Gasteiger partial charge in [0.05, 0.1) is 16.8 Å². The molecule has 1 heterocycles. The molecule has 0 aliphatic heterocycles. The molecule has 0 saturated heterocycles. The van der Waals surface area contributed by atoms with Crippen LogP contribution in [0.1, 0.15) is 44.7 Å². The van der Waals surface area contributed by atoms with Crippen LogP contribution in [-0.2, 0) is 23.1 Å². The lowest BCUT2D eigenvalue weighted by atomic mass is 9.82. The van der Waals surface area contributed by atoms with Crippen LogP contribution in [0.4, 0.5) is 5.69 Å². The molecule has 0 spiro atoms. The van der Waals surface area contributed by atoms with Crippen LogP contribution < -0.4 is 10.9 Å². The molecule has 1 amide bonds. The fourth-order valence-electron chi connectivity index (χ4n) is 4.05. The Bertz CT molecular complexity index is 905. The highest BCUT2D eigenvalue weighted by atomic mass is 16.4. The Morgan fingerprint density at radius 3 is 2.37 bits per heavy atom. The van der Waals surface area contributed by atoms with Gasteiger partial charge >= 0.3 is 5.97 Å². The summed E-state index contributed by atoms with van der Waals surface area (Å²) in [6.45, 7) is 1.91. The number of carbonyl (C=O) groups is 2. The summed E-state index contributed by atoms with van der Waals surface area (Å²) in [5.41, 5.74) is 0.312. The van der Waals surface area contributed by atoms with E-state index in [1.165, 1.54) is 4.68 Å². The molecule has 1 saturated carbocycles. The van der Waals surface area contributed by atoms with Crippen molar-refractivity contribution < 1.29 is 14.7 Å². The van der Waals surface area contributed by atoms with Gasteiger partial charge in [-0.15, -0.1) is 0 Å². The van der Waals surface area contributed by atoms with E-state index < -0.39 is 17.3 Å². The van der Waals surface area contributed by atoms with Crippen molar-refractivity contribution >= 4 is 17.6 Å². The lowest BCUT2D eigenvalue weighted by molar-refractivity contribution is -0.150. The molecule has 1 fully saturated rings. The van der Waals surface area contributed by atoms with Crippen LogP contribution in [-0.4, -0.2) is 26.3 Å². The van der Waals surface area contributed by atoms with Crippen LogP contribution in [0.25, 0.3) is 5.69 Å². The van der Waals surface area contributed by atoms with Crippen molar-refractivity contribution in [2.75, 3.05) is 5.32 Å². The van der Waals surface area contributed by atoms with Crippen molar-refractivity contribution in [1.82, 2.24) is 9.36 Å². The van der Waals surface area contributed by atoms with Gasteiger partial charge in [0.1, 0.15) is 5.69 Å². The van der Waals surface area contributed by atoms with Crippen LogP contribution in [0, 0.1) is 5.41 Å². The molecule has 1 aliphatic carbocycles. The molecular formula is C20H25N3O4. The largest absolute Gasteiger partial charge is 0.481 e. The number of hydrogen-bond donors (Lipinski definition) is 2. The Hall–Kier alpha value is -2.83.